The molecular weight excluding hydrogens is 236 g/mol. The van der Waals surface area contributed by atoms with Gasteiger partial charge in [-0.3, -0.25) is 0 Å². The molecule has 0 N–H and O–H groups in total. The van der Waals surface area contributed by atoms with E-state index < -0.39 is 0 Å². The zero-order valence-corrected chi connectivity index (χ0v) is 10.9. The molecular formula is C12H14N2O2S. The molecule has 0 fully saturated rings. The number of methoxy groups -OCH3 is 1. The molecule has 90 valence electrons. The van der Waals surface area contributed by atoms with Crippen LogP contribution in [0.5, 0.6) is 0 Å². The van der Waals surface area contributed by atoms with Gasteiger partial charge >= 0.3 is 5.97 Å². The Morgan fingerprint density at radius 3 is 2.94 bits per heavy atom. The van der Waals surface area contributed by atoms with Gasteiger partial charge in [-0.25, -0.2) is 9.78 Å². The van der Waals surface area contributed by atoms with Crippen molar-refractivity contribution < 1.29 is 9.53 Å². The smallest absolute Gasteiger partial charge is 0.348 e. The van der Waals surface area contributed by atoms with Crippen LogP contribution >= 0.6 is 11.3 Å². The van der Waals surface area contributed by atoms with Crippen LogP contribution in [0.3, 0.4) is 0 Å². The van der Waals surface area contributed by atoms with Gasteiger partial charge in [0, 0.05) is 25.9 Å². The summed E-state index contributed by atoms with van der Waals surface area (Å²) in [5, 5.41) is 1.98. The van der Waals surface area contributed by atoms with Crippen LogP contribution in [0.25, 0.3) is 0 Å². The largest absolute Gasteiger partial charge is 0.465 e. The Labute approximate surface area is 104 Å². The molecule has 0 aliphatic rings. The van der Waals surface area contributed by atoms with Crippen LogP contribution in [0.4, 0.5) is 0 Å². The molecule has 2 aromatic heterocycles. The summed E-state index contributed by atoms with van der Waals surface area (Å²) in [5.41, 5.74) is 2.12. The first-order valence-electron chi connectivity index (χ1n) is 5.25. The predicted octanol–water partition coefficient (Wildman–Crippen LogP) is 2.17. The molecule has 0 saturated heterocycles. The van der Waals surface area contributed by atoms with Crippen LogP contribution in [-0.2, 0) is 18.2 Å². The van der Waals surface area contributed by atoms with Gasteiger partial charge in [0.1, 0.15) is 10.7 Å². The van der Waals surface area contributed by atoms with Gasteiger partial charge < -0.3 is 9.30 Å². The number of imidazole rings is 1. The second-order valence-electron chi connectivity index (χ2n) is 3.85. The zero-order valence-electron chi connectivity index (χ0n) is 10.1. The first-order chi connectivity index (χ1) is 8.13. The quantitative estimate of drug-likeness (QED) is 0.784. The lowest BCUT2D eigenvalue weighted by molar-refractivity contribution is 0.0605. The zero-order chi connectivity index (χ0) is 12.4. The number of hydrogen-bond acceptors (Lipinski definition) is 4. The average molecular weight is 250 g/mol. The maximum absolute atomic E-state index is 11.6. The molecule has 2 heterocycles. The number of aromatic nitrogens is 2. The average Bonchev–Trinajstić information content (AvgIpc) is 2.87. The van der Waals surface area contributed by atoms with Gasteiger partial charge in [0.15, 0.2) is 0 Å². The molecule has 5 heteroatoms. The number of aryl methyl sites for hydroxylation is 2. The van der Waals surface area contributed by atoms with E-state index >= 15 is 0 Å². The van der Waals surface area contributed by atoms with Crippen molar-refractivity contribution in [2.75, 3.05) is 7.11 Å². The van der Waals surface area contributed by atoms with E-state index in [0.29, 0.717) is 11.3 Å². The highest BCUT2D eigenvalue weighted by Crippen LogP contribution is 2.25. The van der Waals surface area contributed by atoms with Crippen LogP contribution in [0.2, 0.25) is 0 Å². The first kappa shape index (κ1) is 11.9. The summed E-state index contributed by atoms with van der Waals surface area (Å²) in [6.07, 6.45) is 4.31. The molecule has 0 aliphatic heterocycles. The maximum Gasteiger partial charge on any atom is 0.348 e. The predicted molar refractivity (Wildman–Crippen MR) is 66.4 cm³/mol. The van der Waals surface area contributed by atoms with Gasteiger partial charge in [-0.15, -0.1) is 11.3 Å². The van der Waals surface area contributed by atoms with Crippen molar-refractivity contribution in [1.82, 2.24) is 9.55 Å². The van der Waals surface area contributed by atoms with E-state index in [2.05, 4.69) is 4.98 Å². The third-order valence-corrected chi connectivity index (χ3v) is 3.85. The highest BCUT2D eigenvalue weighted by atomic mass is 32.1. The maximum atomic E-state index is 11.6. The Morgan fingerprint density at radius 2 is 2.35 bits per heavy atom. The normalized spacial score (nSPS) is 10.5. The number of rotatable bonds is 3. The van der Waals surface area contributed by atoms with E-state index in [0.717, 1.165) is 17.0 Å². The Kier molecular flexibility index (Phi) is 3.28. The molecule has 2 aromatic rings. The van der Waals surface area contributed by atoms with Crippen molar-refractivity contribution in [1.29, 1.82) is 0 Å². The minimum Gasteiger partial charge on any atom is -0.465 e. The summed E-state index contributed by atoms with van der Waals surface area (Å²) >= 11 is 1.42. The van der Waals surface area contributed by atoms with Crippen molar-refractivity contribution in [3.63, 3.8) is 0 Å². The molecule has 0 aliphatic carbocycles. The Hall–Kier alpha value is -1.62. The Morgan fingerprint density at radius 1 is 1.59 bits per heavy atom. The molecule has 0 unspecified atom stereocenters. The van der Waals surface area contributed by atoms with Crippen molar-refractivity contribution in [2.45, 2.75) is 13.3 Å². The van der Waals surface area contributed by atoms with Gasteiger partial charge in [0.05, 0.1) is 7.11 Å². The molecule has 17 heavy (non-hydrogen) atoms. The number of esters is 1. The second-order valence-corrected chi connectivity index (χ2v) is 4.73. The monoisotopic (exact) mass is 250 g/mol. The van der Waals surface area contributed by atoms with Gasteiger partial charge in [-0.2, -0.15) is 0 Å². The van der Waals surface area contributed by atoms with Gasteiger partial charge in [-0.05, 0) is 23.4 Å². The van der Waals surface area contributed by atoms with E-state index in [-0.39, 0.29) is 5.97 Å². The molecule has 0 bridgehead atoms. The Bertz CT molecular complexity index is 542. The van der Waals surface area contributed by atoms with Crippen molar-refractivity contribution in [2.24, 2.45) is 7.05 Å². The lowest BCUT2D eigenvalue weighted by atomic mass is 10.1. The number of nitrogens with zero attached hydrogens (tertiary/aromatic N) is 2. The fraction of sp³-hybridized carbons (Fsp3) is 0.333. The van der Waals surface area contributed by atoms with Gasteiger partial charge in [0.2, 0.25) is 0 Å². The van der Waals surface area contributed by atoms with Crippen LogP contribution in [0.15, 0.2) is 17.8 Å². The SMILES string of the molecule is COC(=O)c1scc(C)c1Cc1nccn1C. The molecule has 4 nitrogen and oxygen atoms in total. The van der Waals surface area contributed by atoms with Crippen molar-refractivity contribution in [3.8, 4) is 0 Å². The second kappa shape index (κ2) is 4.71. The van der Waals surface area contributed by atoms with Gasteiger partial charge in [-0.1, -0.05) is 0 Å². The molecule has 0 amide bonds. The number of ether oxygens (including phenoxy) is 1. The topological polar surface area (TPSA) is 44.1 Å². The van der Waals surface area contributed by atoms with E-state index in [4.69, 9.17) is 4.74 Å². The summed E-state index contributed by atoms with van der Waals surface area (Å²) in [5.74, 6) is 0.670. The molecule has 0 aromatic carbocycles. The summed E-state index contributed by atoms with van der Waals surface area (Å²) in [6.45, 7) is 2.00. The van der Waals surface area contributed by atoms with Crippen LogP contribution in [0, 0.1) is 6.92 Å². The third kappa shape index (κ3) is 2.24. The number of carbonyl (C=O) groups is 1. The fourth-order valence-corrected chi connectivity index (χ4v) is 2.67. The van der Waals surface area contributed by atoms with Crippen LogP contribution in [-0.4, -0.2) is 22.6 Å². The van der Waals surface area contributed by atoms with E-state index in [1.165, 1.54) is 18.4 Å². The van der Waals surface area contributed by atoms with Crippen molar-refractivity contribution >= 4 is 17.3 Å². The van der Waals surface area contributed by atoms with Gasteiger partial charge in [0.25, 0.3) is 0 Å². The van der Waals surface area contributed by atoms with E-state index in [1.807, 2.05) is 30.1 Å². The van der Waals surface area contributed by atoms with E-state index in [1.54, 1.807) is 6.20 Å². The number of carbonyl (C=O) groups excluding carboxylic acids is 1. The summed E-state index contributed by atoms with van der Waals surface area (Å²) in [4.78, 5) is 16.6. The molecule has 0 radical (unpaired) electrons. The lowest BCUT2D eigenvalue weighted by Crippen LogP contribution is -2.06. The summed E-state index contributed by atoms with van der Waals surface area (Å²) < 4.78 is 6.74. The minimum absolute atomic E-state index is 0.271. The van der Waals surface area contributed by atoms with E-state index in [9.17, 15) is 4.79 Å². The summed E-state index contributed by atoms with van der Waals surface area (Å²) in [7, 11) is 3.35. The van der Waals surface area contributed by atoms with Crippen LogP contribution in [0.1, 0.15) is 26.6 Å². The first-order valence-corrected chi connectivity index (χ1v) is 6.13. The number of thiophene rings is 1. The number of hydrogen-bond donors (Lipinski definition) is 0. The standard InChI is InChI=1S/C12H14N2O2S/c1-8-7-17-11(12(15)16-3)9(8)6-10-13-4-5-14(10)2/h4-5,7H,6H2,1-3H3. The van der Waals surface area contributed by atoms with Crippen molar-refractivity contribution in [3.05, 3.63) is 39.6 Å². The highest BCUT2D eigenvalue weighted by Gasteiger charge is 2.17. The third-order valence-electron chi connectivity index (χ3n) is 2.73. The highest BCUT2D eigenvalue weighted by molar-refractivity contribution is 7.12. The molecule has 0 spiro atoms. The molecule has 2 rings (SSSR count). The lowest BCUT2D eigenvalue weighted by Gasteiger charge is -2.04. The fourth-order valence-electron chi connectivity index (χ4n) is 1.68. The molecule has 0 atom stereocenters. The summed E-state index contributed by atoms with van der Waals surface area (Å²) in [6, 6.07) is 0. The molecule has 0 saturated carbocycles. The van der Waals surface area contributed by atoms with Crippen LogP contribution < -0.4 is 0 Å². The minimum atomic E-state index is -0.271. The Balaban J connectivity index is 2.35.